The Morgan fingerprint density at radius 2 is 1.88 bits per heavy atom. The van der Waals surface area contributed by atoms with E-state index in [1.165, 1.54) is 12.8 Å². The molecule has 0 radical (unpaired) electrons. The van der Waals surface area contributed by atoms with E-state index in [0.29, 0.717) is 12.5 Å². The van der Waals surface area contributed by atoms with Gasteiger partial charge in [0.25, 0.3) is 0 Å². The Balaban J connectivity index is 2.15. The van der Waals surface area contributed by atoms with Crippen LogP contribution in [-0.2, 0) is 10.8 Å². The highest BCUT2D eigenvalue weighted by Gasteiger charge is 2.29. The first-order valence-corrected chi connectivity index (χ1v) is 8.09. The van der Waals surface area contributed by atoms with Crippen molar-refractivity contribution >= 4 is 26.7 Å². The monoisotopic (exact) mass is 315 g/mol. The fraction of sp³-hybridized carbons (Fsp3) is 0.538. The van der Waals surface area contributed by atoms with Crippen LogP contribution in [0.3, 0.4) is 0 Å². The molecule has 1 fully saturated rings. The van der Waals surface area contributed by atoms with Gasteiger partial charge in [-0.15, -0.1) is 0 Å². The minimum Gasteiger partial charge on any atom is -0.330 e. The molecule has 0 spiro atoms. The molecule has 4 heteroatoms. The molecule has 0 amide bonds. The lowest BCUT2D eigenvalue weighted by atomic mass is 9.89. The molecule has 0 saturated heterocycles. The summed E-state index contributed by atoms with van der Waals surface area (Å²) in [5, 5.41) is 0.245. The van der Waals surface area contributed by atoms with Crippen molar-refractivity contribution in [2.75, 3.05) is 6.54 Å². The van der Waals surface area contributed by atoms with Crippen LogP contribution in [0.5, 0.6) is 0 Å². The zero-order valence-corrected chi connectivity index (χ0v) is 12.2. The molecule has 0 heterocycles. The average Bonchev–Trinajstić information content (AvgIpc) is 2.39. The van der Waals surface area contributed by atoms with Gasteiger partial charge in [0.05, 0.1) is 10.8 Å². The maximum absolute atomic E-state index is 12.5. The lowest BCUT2D eigenvalue weighted by Gasteiger charge is -2.29. The summed E-state index contributed by atoms with van der Waals surface area (Å²) in [6, 6.07) is 7.80. The van der Waals surface area contributed by atoms with Gasteiger partial charge in [-0.3, -0.25) is 4.21 Å². The Hall–Kier alpha value is -0.190. The molecule has 1 aromatic rings. The molecule has 3 atom stereocenters. The van der Waals surface area contributed by atoms with Gasteiger partial charge in [-0.1, -0.05) is 28.8 Å². The van der Waals surface area contributed by atoms with E-state index < -0.39 is 10.8 Å². The average molecular weight is 316 g/mol. The summed E-state index contributed by atoms with van der Waals surface area (Å²) in [6.07, 6.45) is 4.59. The fourth-order valence-electron chi connectivity index (χ4n) is 2.47. The summed E-state index contributed by atoms with van der Waals surface area (Å²) >= 11 is 3.40. The number of hydrogen-bond acceptors (Lipinski definition) is 2. The summed E-state index contributed by atoms with van der Waals surface area (Å²) in [5.74, 6) is 0.424. The lowest BCUT2D eigenvalue weighted by Crippen LogP contribution is -2.34. The molecule has 0 aliphatic heterocycles. The van der Waals surface area contributed by atoms with Crippen LogP contribution in [0.25, 0.3) is 0 Å². The summed E-state index contributed by atoms with van der Waals surface area (Å²) in [7, 11) is -0.909. The molecular weight excluding hydrogens is 298 g/mol. The van der Waals surface area contributed by atoms with Crippen molar-refractivity contribution < 1.29 is 4.21 Å². The minimum absolute atomic E-state index is 0.245. The SMILES string of the molecule is NCC1CCCCC1S(=O)c1ccc(Br)cc1. The number of nitrogens with two attached hydrogens (primary N) is 1. The van der Waals surface area contributed by atoms with E-state index in [0.717, 1.165) is 22.2 Å². The lowest BCUT2D eigenvalue weighted by molar-refractivity contribution is 0.372. The molecule has 1 aromatic carbocycles. The number of benzene rings is 1. The largest absolute Gasteiger partial charge is 0.330 e. The maximum atomic E-state index is 12.5. The summed E-state index contributed by atoms with van der Waals surface area (Å²) < 4.78 is 13.5. The second-order valence-electron chi connectivity index (χ2n) is 4.57. The molecule has 94 valence electrons. The topological polar surface area (TPSA) is 43.1 Å². The highest BCUT2D eigenvalue weighted by Crippen LogP contribution is 2.30. The van der Waals surface area contributed by atoms with Gasteiger partial charge in [0, 0.05) is 14.6 Å². The second-order valence-corrected chi connectivity index (χ2v) is 7.16. The van der Waals surface area contributed by atoms with Gasteiger partial charge in [0.1, 0.15) is 0 Å². The van der Waals surface area contributed by atoms with Crippen molar-refractivity contribution in [3.63, 3.8) is 0 Å². The van der Waals surface area contributed by atoms with E-state index in [1.807, 2.05) is 24.3 Å². The van der Waals surface area contributed by atoms with Gasteiger partial charge in [0.15, 0.2) is 0 Å². The number of halogens is 1. The zero-order chi connectivity index (χ0) is 12.3. The standard InChI is InChI=1S/C13H18BrNOS/c14-11-5-7-12(8-6-11)17(16)13-4-2-1-3-10(13)9-15/h5-8,10,13H,1-4,9,15H2. The predicted molar refractivity (Wildman–Crippen MR) is 75.4 cm³/mol. The van der Waals surface area contributed by atoms with Gasteiger partial charge >= 0.3 is 0 Å². The summed E-state index contributed by atoms with van der Waals surface area (Å²) in [6.45, 7) is 0.660. The zero-order valence-electron chi connectivity index (χ0n) is 9.77. The van der Waals surface area contributed by atoms with E-state index >= 15 is 0 Å². The van der Waals surface area contributed by atoms with Gasteiger partial charge in [0.2, 0.25) is 0 Å². The van der Waals surface area contributed by atoms with Crippen LogP contribution in [0.1, 0.15) is 25.7 Å². The molecule has 1 saturated carbocycles. The molecule has 0 bridgehead atoms. The Labute approximate surface area is 114 Å². The third kappa shape index (κ3) is 3.18. The highest BCUT2D eigenvalue weighted by molar-refractivity contribution is 9.10. The first-order valence-electron chi connectivity index (χ1n) is 6.08. The van der Waals surface area contributed by atoms with E-state index in [2.05, 4.69) is 15.9 Å². The molecular formula is C13H18BrNOS. The first-order chi connectivity index (χ1) is 8.22. The molecule has 0 aromatic heterocycles. The van der Waals surface area contributed by atoms with Crippen LogP contribution >= 0.6 is 15.9 Å². The quantitative estimate of drug-likeness (QED) is 0.931. The first kappa shape index (κ1) is 13.2. The van der Waals surface area contributed by atoms with Gasteiger partial charge in [-0.05, 0) is 49.6 Å². The molecule has 2 N–H and O–H groups in total. The van der Waals surface area contributed by atoms with Gasteiger partial charge in [-0.2, -0.15) is 0 Å². The Bertz CT molecular complexity index is 393. The van der Waals surface area contributed by atoms with Crippen molar-refractivity contribution in [3.05, 3.63) is 28.7 Å². The Kier molecular flexibility index (Phi) is 4.77. The molecule has 1 aliphatic carbocycles. The number of rotatable bonds is 3. The Morgan fingerprint density at radius 1 is 1.24 bits per heavy atom. The molecule has 3 unspecified atom stereocenters. The van der Waals surface area contributed by atoms with E-state index in [-0.39, 0.29) is 5.25 Å². The van der Waals surface area contributed by atoms with Crippen LogP contribution < -0.4 is 5.73 Å². The molecule has 1 aliphatic rings. The van der Waals surface area contributed by atoms with Crippen molar-refractivity contribution in [2.24, 2.45) is 11.7 Å². The molecule has 2 rings (SSSR count). The third-order valence-corrected chi connectivity index (χ3v) is 5.90. The maximum Gasteiger partial charge on any atom is 0.0564 e. The molecule has 2 nitrogen and oxygen atoms in total. The van der Waals surface area contributed by atoms with E-state index in [4.69, 9.17) is 5.73 Å². The smallest absolute Gasteiger partial charge is 0.0564 e. The molecule has 17 heavy (non-hydrogen) atoms. The summed E-state index contributed by atoms with van der Waals surface area (Å²) in [5.41, 5.74) is 5.79. The minimum atomic E-state index is -0.909. The van der Waals surface area contributed by atoms with Crippen molar-refractivity contribution in [3.8, 4) is 0 Å². The van der Waals surface area contributed by atoms with Gasteiger partial charge in [-0.25, -0.2) is 0 Å². The Morgan fingerprint density at radius 3 is 2.53 bits per heavy atom. The number of hydrogen-bond donors (Lipinski definition) is 1. The van der Waals surface area contributed by atoms with Crippen LogP contribution in [0.2, 0.25) is 0 Å². The normalized spacial score (nSPS) is 26.7. The highest BCUT2D eigenvalue weighted by atomic mass is 79.9. The fourth-order valence-corrected chi connectivity index (χ4v) is 4.46. The van der Waals surface area contributed by atoms with Crippen LogP contribution in [0, 0.1) is 5.92 Å². The van der Waals surface area contributed by atoms with Crippen molar-refractivity contribution in [2.45, 2.75) is 35.8 Å². The van der Waals surface area contributed by atoms with E-state index in [9.17, 15) is 4.21 Å². The van der Waals surface area contributed by atoms with Crippen LogP contribution in [-0.4, -0.2) is 16.0 Å². The van der Waals surface area contributed by atoms with E-state index in [1.54, 1.807) is 0 Å². The van der Waals surface area contributed by atoms with Crippen molar-refractivity contribution in [1.29, 1.82) is 0 Å². The second kappa shape index (κ2) is 6.12. The van der Waals surface area contributed by atoms with Crippen LogP contribution in [0.4, 0.5) is 0 Å². The summed E-state index contributed by atoms with van der Waals surface area (Å²) in [4.78, 5) is 0.929. The predicted octanol–water partition coefficient (Wildman–Crippen LogP) is 3.07. The van der Waals surface area contributed by atoms with Crippen molar-refractivity contribution in [1.82, 2.24) is 0 Å². The third-order valence-electron chi connectivity index (χ3n) is 3.46. The van der Waals surface area contributed by atoms with Gasteiger partial charge < -0.3 is 5.73 Å². The van der Waals surface area contributed by atoms with Crippen LogP contribution in [0.15, 0.2) is 33.6 Å².